The molecule has 0 aromatic carbocycles. The molecule has 0 saturated carbocycles. The van der Waals surface area contributed by atoms with E-state index in [2.05, 4.69) is 9.88 Å². The number of nitrogens with two attached hydrogens (primary N) is 1. The van der Waals surface area contributed by atoms with E-state index in [9.17, 15) is 0 Å². The molecule has 0 saturated heterocycles. The number of anilines is 1. The topological polar surface area (TPSA) is 86.2 Å². The molecule has 0 aliphatic carbocycles. The van der Waals surface area contributed by atoms with E-state index in [4.69, 9.17) is 16.2 Å². The number of amidine groups is 1. The van der Waals surface area contributed by atoms with E-state index in [-0.39, 0.29) is 12.4 Å². The molecular weight excluding hydrogens is 204 g/mol. The Hall–Kier alpha value is -1.62. The van der Waals surface area contributed by atoms with Crippen molar-refractivity contribution >= 4 is 11.5 Å². The summed E-state index contributed by atoms with van der Waals surface area (Å²) in [6.45, 7) is 3.86. The summed E-state index contributed by atoms with van der Waals surface area (Å²) in [7, 11) is 0. The molecule has 0 bridgehead atoms. The van der Waals surface area contributed by atoms with Gasteiger partial charge in [-0.15, -0.1) is 0 Å². The second-order valence-electron chi connectivity index (χ2n) is 3.47. The molecule has 0 unspecified atom stereocenters. The molecule has 1 heterocycles. The number of hydrogen-bond acceptors (Lipinski definition) is 4. The molecule has 0 atom stereocenters. The van der Waals surface area contributed by atoms with Crippen LogP contribution >= 0.6 is 0 Å². The highest BCUT2D eigenvalue weighted by Crippen LogP contribution is 2.14. The molecule has 0 amide bonds. The minimum Gasteiger partial charge on any atom is -0.396 e. The van der Waals surface area contributed by atoms with Crippen LogP contribution in [0.15, 0.2) is 18.3 Å². The predicted octanol–water partition coefficient (Wildman–Crippen LogP) is 0.574. The summed E-state index contributed by atoms with van der Waals surface area (Å²) < 4.78 is 0. The first-order valence-corrected chi connectivity index (χ1v) is 5.35. The molecule has 88 valence electrons. The van der Waals surface area contributed by atoms with Crippen LogP contribution in [0.4, 0.5) is 5.69 Å². The van der Waals surface area contributed by atoms with Crippen molar-refractivity contribution in [2.24, 2.45) is 5.73 Å². The first-order valence-electron chi connectivity index (χ1n) is 5.35. The monoisotopic (exact) mass is 222 g/mol. The summed E-state index contributed by atoms with van der Waals surface area (Å²) in [5.41, 5.74) is 6.86. The van der Waals surface area contributed by atoms with Crippen LogP contribution in [-0.4, -0.2) is 35.6 Å². The lowest BCUT2D eigenvalue weighted by atomic mass is 10.2. The van der Waals surface area contributed by atoms with Gasteiger partial charge in [0.25, 0.3) is 0 Å². The molecule has 0 spiro atoms. The zero-order chi connectivity index (χ0) is 12.0. The number of nitrogens with zero attached hydrogens (tertiary/aromatic N) is 2. The Balaban J connectivity index is 2.83. The van der Waals surface area contributed by atoms with Gasteiger partial charge in [-0.25, -0.2) is 0 Å². The van der Waals surface area contributed by atoms with Gasteiger partial charge in [-0.3, -0.25) is 10.4 Å². The second-order valence-corrected chi connectivity index (χ2v) is 3.47. The molecule has 5 nitrogen and oxygen atoms in total. The van der Waals surface area contributed by atoms with Crippen LogP contribution in [-0.2, 0) is 0 Å². The fourth-order valence-corrected chi connectivity index (χ4v) is 1.49. The molecule has 0 fully saturated rings. The molecule has 4 N–H and O–H groups in total. The van der Waals surface area contributed by atoms with Crippen molar-refractivity contribution in [2.45, 2.75) is 13.3 Å². The summed E-state index contributed by atoms with van der Waals surface area (Å²) in [6.07, 6.45) is 2.37. The molecule has 0 radical (unpaired) electrons. The third-order valence-corrected chi connectivity index (χ3v) is 2.35. The number of hydrogen-bond donors (Lipinski definition) is 3. The van der Waals surface area contributed by atoms with Gasteiger partial charge in [0.2, 0.25) is 0 Å². The van der Waals surface area contributed by atoms with Crippen molar-refractivity contribution in [3.05, 3.63) is 24.0 Å². The highest BCUT2D eigenvalue weighted by Gasteiger charge is 2.06. The molecule has 5 heteroatoms. The molecular formula is C11H18N4O. The van der Waals surface area contributed by atoms with Crippen molar-refractivity contribution in [2.75, 3.05) is 24.6 Å². The van der Waals surface area contributed by atoms with E-state index in [0.29, 0.717) is 5.69 Å². The summed E-state index contributed by atoms with van der Waals surface area (Å²) in [4.78, 5) is 6.13. The number of aliphatic hydroxyl groups is 1. The standard InChI is InChI=1S/C11H18N4O/c1-2-15(6-3-7-16)9-4-5-14-10(8-9)11(12)13/h4-5,8,16H,2-3,6-7H2,1H3,(H3,12,13). The predicted molar refractivity (Wildman–Crippen MR) is 64.8 cm³/mol. The zero-order valence-corrected chi connectivity index (χ0v) is 9.48. The lowest BCUT2D eigenvalue weighted by molar-refractivity contribution is 0.289. The van der Waals surface area contributed by atoms with Gasteiger partial charge in [-0.1, -0.05) is 0 Å². The number of aliphatic hydroxyl groups excluding tert-OH is 1. The SMILES string of the molecule is CCN(CCCO)c1ccnc(C(=N)N)c1. The van der Waals surface area contributed by atoms with E-state index in [1.807, 2.05) is 13.0 Å². The van der Waals surface area contributed by atoms with Crippen molar-refractivity contribution in [3.63, 3.8) is 0 Å². The van der Waals surface area contributed by atoms with Crippen molar-refractivity contribution in [1.29, 1.82) is 5.41 Å². The zero-order valence-electron chi connectivity index (χ0n) is 9.48. The Morgan fingerprint density at radius 3 is 2.94 bits per heavy atom. The van der Waals surface area contributed by atoms with E-state index in [1.165, 1.54) is 0 Å². The molecule has 16 heavy (non-hydrogen) atoms. The van der Waals surface area contributed by atoms with Gasteiger partial charge in [0, 0.05) is 31.6 Å². The Bertz CT molecular complexity index is 354. The first-order chi connectivity index (χ1) is 7.69. The Morgan fingerprint density at radius 2 is 2.38 bits per heavy atom. The average Bonchev–Trinajstić information content (AvgIpc) is 2.30. The number of nitrogen functional groups attached to an aromatic ring is 1. The average molecular weight is 222 g/mol. The van der Waals surface area contributed by atoms with Crippen LogP contribution in [0.3, 0.4) is 0 Å². The quantitative estimate of drug-likeness (QED) is 0.485. The highest BCUT2D eigenvalue weighted by molar-refractivity contribution is 5.93. The van der Waals surface area contributed by atoms with Gasteiger partial charge in [0.05, 0.1) is 0 Å². The Kier molecular flexibility index (Phi) is 4.72. The molecule has 0 aliphatic rings. The van der Waals surface area contributed by atoms with Crippen molar-refractivity contribution in [3.8, 4) is 0 Å². The molecule has 1 aromatic heterocycles. The van der Waals surface area contributed by atoms with Crippen LogP contribution in [0.1, 0.15) is 19.0 Å². The van der Waals surface area contributed by atoms with Gasteiger partial charge in [0.15, 0.2) is 0 Å². The summed E-state index contributed by atoms with van der Waals surface area (Å²) in [5.74, 6) is -0.0277. The van der Waals surface area contributed by atoms with Crippen molar-refractivity contribution < 1.29 is 5.11 Å². The fourth-order valence-electron chi connectivity index (χ4n) is 1.49. The van der Waals surface area contributed by atoms with Gasteiger partial charge in [0.1, 0.15) is 11.5 Å². The van der Waals surface area contributed by atoms with E-state index in [0.717, 1.165) is 25.2 Å². The third kappa shape index (κ3) is 3.20. The number of nitrogens with one attached hydrogen (secondary N) is 1. The summed E-state index contributed by atoms with van der Waals surface area (Å²) in [6, 6.07) is 3.68. The molecule has 1 aromatic rings. The summed E-state index contributed by atoms with van der Waals surface area (Å²) >= 11 is 0. The third-order valence-electron chi connectivity index (χ3n) is 2.35. The number of pyridine rings is 1. The lowest BCUT2D eigenvalue weighted by Crippen LogP contribution is -2.25. The van der Waals surface area contributed by atoms with E-state index in [1.54, 1.807) is 12.3 Å². The highest BCUT2D eigenvalue weighted by atomic mass is 16.3. The second kappa shape index (κ2) is 6.07. The Labute approximate surface area is 95.4 Å². The maximum atomic E-state index is 8.81. The lowest BCUT2D eigenvalue weighted by Gasteiger charge is -2.22. The Morgan fingerprint density at radius 1 is 1.62 bits per heavy atom. The van der Waals surface area contributed by atoms with Crippen LogP contribution in [0.5, 0.6) is 0 Å². The minimum absolute atomic E-state index is 0.0277. The van der Waals surface area contributed by atoms with Crippen LogP contribution in [0, 0.1) is 5.41 Å². The molecule has 1 rings (SSSR count). The van der Waals surface area contributed by atoms with E-state index < -0.39 is 0 Å². The van der Waals surface area contributed by atoms with Gasteiger partial charge in [-0.05, 0) is 25.5 Å². The van der Waals surface area contributed by atoms with Crippen LogP contribution in [0.25, 0.3) is 0 Å². The van der Waals surface area contributed by atoms with Gasteiger partial charge >= 0.3 is 0 Å². The van der Waals surface area contributed by atoms with Gasteiger partial charge in [-0.2, -0.15) is 0 Å². The number of rotatable bonds is 6. The molecule has 0 aliphatic heterocycles. The maximum absolute atomic E-state index is 8.81. The smallest absolute Gasteiger partial charge is 0.141 e. The largest absolute Gasteiger partial charge is 0.396 e. The first kappa shape index (κ1) is 12.4. The minimum atomic E-state index is -0.0277. The fraction of sp³-hybridized carbons (Fsp3) is 0.455. The maximum Gasteiger partial charge on any atom is 0.141 e. The van der Waals surface area contributed by atoms with Crippen LogP contribution in [0.2, 0.25) is 0 Å². The van der Waals surface area contributed by atoms with Gasteiger partial charge < -0.3 is 15.7 Å². The summed E-state index contributed by atoms with van der Waals surface area (Å²) in [5, 5.41) is 16.1. The van der Waals surface area contributed by atoms with Crippen molar-refractivity contribution in [1.82, 2.24) is 4.98 Å². The number of aromatic nitrogens is 1. The van der Waals surface area contributed by atoms with Crippen LogP contribution < -0.4 is 10.6 Å². The normalized spacial score (nSPS) is 10.1. The van der Waals surface area contributed by atoms with E-state index >= 15 is 0 Å².